The number of rotatable bonds is 2. The van der Waals surface area contributed by atoms with Gasteiger partial charge in [0.1, 0.15) is 16.1 Å². The predicted molar refractivity (Wildman–Crippen MR) is 50.3 cm³/mol. The summed E-state index contributed by atoms with van der Waals surface area (Å²) in [5.41, 5.74) is 5.46. The second-order valence-corrected chi connectivity index (χ2v) is 4.39. The summed E-state index contributed by atoms with van der Waals surface area (Å²) in [6, 6.07) is 0. The fraction of sp³-hybridized carbons (Fsp3) is 0.750. The van der Waals surface area contributed by atoms with Crippen LogP contribution in [-0.2, 0) is 11.3 Å². The van der Waals surface area contributed by atoms with Crippen molar-refractivity contribution in [3.8, 4) is 0 Å². The van der Waals surface area contributed by atoms with Gasteiger partial charge in [0.05, 0.1) is 0 Å². The van der Waals surface area contributed by atoms with Crippen LogP contribution >= 0.6 is 11.3 Å². The third kappa shape index (κ3) is 1.72. The normalized spacial score (nSPS) is 28.2. The van der Waals surface area contributed by atoms with E-state index >= 15 is 0 Å². The Morgan fingerprint density at radius 1 is 1.62 bits per heavy atom. The molecule has 2 heterocycles. The van der Waals surface area contributed by atoms with Gasteiger partial charge in [0.15, 0.2) is 0 Å². The Morgan fingerprint density at radius 2 is 2.46 bits per heavy atom. The van der Waals surface area contributed by atoms with E-state index in [1.54, 1.807) is 11.3 Å². The summed E-state index contributed by atoms with van der Waals surface area (Å²) in [6.45, 7) is 3.49. The van der Waals surface area contributed by atoms with Gasteiger partial charge in [-0.1, -0.05) is 18.3 Å². The van der Waals surface area contributed by atoms with E-state index in [2.05, 4.69) is 17.1 Å². The van der Waals surface area contributed by atoms with E-state index in [1.807, 2.05) is 0 Å². The van der Waals surface area contributed by atoms with Crippen LogP contribution in [0.5, 0.6) is 0 Å². The molecule has 0 aliphatic carbocycles. The Morgan fingerprint density at radius 3 is 3.00 bits per heavy atom. The molecule has 0 radical (unpaired) electrons. The van der Waals surface area contributed by atoms with Gasteiger partial charge in [-0.25, -0.2) is 0 Å². The minimum absolute atomic E-state index is 0.151. The summed E-state index contributed by atoms with van der Waals surface area (Å²) in [7, 11) is 0. The largest absolute Gasteiger partial charge is 0.371 e. The van der Waals surface area contributed by atoms with E-state index in [9.17, 15) is 0 Å². The number of nitrogens with zero attached hydrogens (tertiary/aromatic N) is 2. The first-order valence-corrected chi connectivity index (χ1v) is 5.27. The molecule has 0 amide bonds. The van der Waals surface area contributed by atoms with Crippen LogP contribution in [0.3, 0.4) is 0 Å². The van der Waals surface area contributed by atoms with E-state index in [-0.39, 0.29) is 6.10 Å². The first-order valence-electron chi connectivity index (χ1n) is 4.45. The Kier molecular flexibility index (Phi) is 2.57. The Hall–Kier alpha value is -0.520. The molecular formula is C8H13N3OS. The highest BCUT2D eigenvalue weighted by molar-refractivity contribution is 7.11. The molecule has 72 valence electrons. The van der Waals surface area contributed by atoms with Gasteiger partial charge in [0.25, 0.3) is 0 Å². The molecule has 1 aliphatic heterocycles. The number of aromatic nitrogens is 2. The van der Waals surface area contributed by atoms with Crippen molar-refractivity contribution in [3.05, 3.63) is 10.0 Å². The second kappa shape index (κ2) is 3.69. The van der Waals surface area contributed by atoms with Crippen molar-refractivity contribution in [2.75, 3.05) is 6.61 Å². The molecule has 13 heavy (non-hydrogen) atoms. The molecule has 2 rings (SSSR count). The molecule has 0 spiro atoms. The minimum atomic E-state index is 0.151. The van der Waals surface area contributed by atoms with Crippen LogP contribution in [0.2, 0.25) is 0 Å². The zero-order valence-electron chi connectivity index (χ0n) is 7.56. The van der Waals surface area contributed by atoms with Crippen molar-refractivity contribution in [2.45, 2.75) is 26.0 Å². The maximum absolute atomic E-state index is 5.58. The van der Waals surface area contributed by atoms with Gasteiger partial charge in [-0.15, -0.1) is 10.2 Å². The lowest BCUT2D eigenvalue weighted by Gasteiger charge is -2.09. The predicted octanol–water partition coefficient (Wildman–Crippen LogP) is 1.09. The SMILES string of the molecule is CC1CCOC1c1nnc(CN)s1. The lowest BCUT2D eigenvalue weighted by atomic mass is 10.1. The van der Waals surface area contributed by atoms with Crippen LogP contribution in [0.15, 0.2) is 0 Å². The van der Waals surface area contributed by atoms with E-state index < -0.39 is 0 Å². The van der Waals surface area contributed by atoms with E-state index in [4.69, 9.17) is 10.5 Å². The van der Waals surface area contributed by atoms with Crippen molar-refractivity contribution >= 4 is 11.3 Å². The maximum Gasteiger partial charge on any atom is 0.146 e. The standard InChI is InChI=1S/C8H13N3OS/c1-5-2-3-12-7(5)8-11-10-6(4-9)13-8/h5,7H,2-4,9H2,1H3. The molecule has 4 nitrogen and oxygen atoms in total. The Bertz CT molecular complexity index is 289. The van der Waals surface area contributed by atoms with Crippen molar-refractivity contribution in [3.63, 3.8) is 0 Å². The molecule has 1 aromatic heterocycles. The summed E-state index contributed by atoms with van der Waals surface area (Å²) in [6.07, 6.45) is 1.26. The monoisotopic (exact) mass is 199 g/mol. The van der Waals surface area contributed by atoms with E-state index in [0.717, 1.165) is 23.0 Å². The summed E-state index contributed by atoms with van der Waals surface area (Å²) >= 11 is 1.56. The Balaban J connectivity index is 2.15. The highest BCUT2D eigenvalue weighted by atomic mass is 32.1. The molecule has 5 heteroatoms. The van der Waals surface area contributed by atoms with Gasteiger partial charge in [0, 0.05) is 13.2 Å². The quantitative estimate of drug-likeness (QED) is 0.774. The zero-order chi connectivity index (χ0) is 9.26. The summed E-state index contributed by atoms with van der Waals surface area (Å²) in [5.74, 6) is 0.554. The number of hydrogen-bond acceptors (Lipinski definition) is 5. The van der Waals surface area contributed by atoms with Crippen LogP contribution in [0.1, 0.15) is 29.5 Å². The molecule has 1 aliphatic rings. The van der Waals surface area contributed by atoms with Crippen LogP contribution < -0.4 is 5.73 Å². The Labute approximate surface area is 81.1 Å². The van der Waals surface area contributed by atoms with Crippen LogP contribution in [-0.4, -0.2) is 16.8 Å². The highest BCUT2D eigenvalue weighted by Crippen LogP contribution is 2.35. The second-order valence-electron chi connectivity index (χ2n) is 3.30. The molecule has 0 bridgehead atoms. The van der Waals surface area contributed by atoms with Gasteiger partial charge in [-0.2, -0.15) is 0 Å². The fourth-order valence-corrected chi connectivity index (χ4v) is 2.38. The lowest BCUT2D eigenvalue weighted by molar-refractivity contribution is 0.0937. The molecule has 1 saturated heterocycles. The van der Waals surface area contributed by atoms with Crippen LogP contribution in [0.4, 0.5) is 0 Å². The van der Waals surface area contributed by atoms with Crippen molar-refractivity contribution < 1.29 is 4.74 Å². The fourth-order valence-electron chi connectivity index (χ4n) is 1.48. The van der Waals surface area contributed by atoms with Crippen LogP contribution in [0, 0.1) is 5.92 Å². The number of nitrogens with two attached hydrogens (primary N) is 1. The molecule has 0 aromatic carbocycles. The van der Waals surface area contributed by atoms with Gasteiger partial charge in [-0.3, -0.25) is 0 Å². The molecule has 0 saturated carbocycles. The van der Waals surface area contributed by atoms with E-state index in [1.165, 1.54) is 0 Å². The van der Waals surface area contributed by atoms with Gasteiger partial charge >= 0.3 is 0 Å². The summed E-state index contributed by atoms with van der Waals surface area (Å²) in [4.78, 5) is 0. The van der Waals surface area contributed by atoms with E-state index in [0.29, 0.717) is 12.5 Å². The maximum atomic E-state index is 5.58. The number of ether oxygens (including phenoxy) is 1. The molecule has 2 atom stereocenters. The van der Waals surface area contributed by atoms with Gasteiger partial charge in [0.2, 0.25) is 0 Å². The molecule has 2 unspecified atom stereocenters. The minimum Gasteiger partial charge on any atom is -0.371 e. The first kappa shape index (κ1) is 9.05. The zero-order valence-corrected chi connectivity index (χ0v) is 8.38. The van der Waals surface area contributed by atoms with Crippen molar-refractivity contribution in [2.24, 2.45) is 11.7 Å². The van der Waals surface area contributed by atoms with Gasteiger partial charge in [-0.05, 0) is 12.3 Å². The molecule has 1 aromatic rings. The van der Waals surface area contributed by atoms with Crippen LogP contribution in [0.25, 0.3) is 0 Å². The average molecular weight is 199 g/mol. The van der Waals surface area contributed by atoms with Crippen molar-refractivity contribution in [1.29, 1.82) is 0 Å². The third-order valence-corrected chi connectivity index (χ3v) is 3.29. The smallest absolute Gasteiger partial charge is 0.146 e. The van der Waals surface area contributed by atoms with Crippen molar-refractivity contribution in [1.82, 2.24) is 10.2 Å². The number of hydrogen-bond donors (Lipinski definition) is 1. The highest BCUT2D eigenvalue weighted by Gasteiger charge is 2.28. The first-order chi connectivity index (χ1) is 6.31. The molecule has 2 N–H and O–H groups in total. The topological polar surface area (TPSA) is 61.0 Å². The molecular weight excluding hydrogens is 186 g/mol. The summed E-state index contributed by atoms with van der Waals surface area (Å²) < 4.78 is 5.58. The van der Waals surface area contributed by atoms with Gasteiger partial charge < -0.3 is 10.5 Å². The average Bonchev–Trinajstić information content (AvgIpc) is 2.71. The third-order valence-electron chi connectivity index (χ3n) is 2.29. The summed E-state index contributed by atoms with van der Waals surface area (Å²) in [5, 5.41) is 9.92. The molecule has 1 fully saturated rings. The lowest BCUT2D eigenvalue weighted by Crippen LogP contribution is -2.02.